The minimum atomic E-state index is 0.213. The Hall–Kier alpha value is -3.13. The van der Waals surface area contributed by atoms with E-state index in [1.807, 2.05) is 42.6 Å². The number of aromatic nitrogens is 3. The zero-order chi connectivity index (χ0) is 22.8. The molecule has 2 aromatic carbocycles. The van der Waals surface area contributed by atoms with Gasteiger partial charge in [0, 0.05) is 66.4 Å². The fourth-order valence-corrected chi connectivity index (χ4v) is 4.55. The van der Waals surface area contributed by atoms with Gasteiger partial charge in [-0.25, -0.2) is 4.52 Å². The van der Waals surface area contributed by atoms with Crippen LogP contribution in [0.2, 0.25) is 5.02 Å². The molecule has 1 saturated heterocycles. The first-order valence-electron chi connectivity index (χ1n) is 11.2. The molecule has 0 aliphatic carbocycles. The van der Waals surface area contributed by atoms with Crippen molar-refractivity contribution in [1.29, 1.82) is 0 Å². The number of nitrogens with zero attached hydrogens (tertiary/aromatic N) is 5. The summed E-state index contributed by atoms with van der Waals surface area (Å²) in [6, 6.07) is 18.2. The number of nitrogens with one attached hydrogen (secondary N) is 1. The molecule has 2 N–H and O–H groups in total. The van der Waals surface area contributed by atoms with E-state index in [-0.39, 0.29) is 6.61 Å². The van der Waals surface area contributed by atoms with Gasteiger partial charge in [-0.15, -0.1) is 5.10 Å². The second-order valence-electron chi connectivity index (χ2n) is 8.37. The van der Waals surface area contributed by atoms with Gasteiger partial charge in [-0.2, -0.15) is 4.98 Å². The van der Waals surface area contributed by atoms with E-state index in [0.717, 1.165) is 55.2 Å². The van der Waals surface area contributed by atoms with Crippen molar-refractivity contribution in [2.24, 2.45) is 0 Å². The van der Waals surface area contributed by atoms with Crippen molar-refractivity contribution in [3.05, 3.63) is 71.4 Å². The fraction of sp³-hybridized carbons (Fsp3) is 0.280. The van der Waals surface area contributed by atoms with Crippen molar-refractivity contribution >= 4 is 34.6 Å². The number of aliphatic hydroxyl groups is 1. The number of piperazine rings is 1. The third-order valence-electron chi connectivity index (χ3n) is 5.99. The third kappa shape index (κ3) is 4.80. The molecule has 1 aliphatic heterocycles. The summed E-state index contributed by atoms with van der Waals surface area (Å²) in [5.74, 6) is 0.552. The highest BCUT2D eigenvalue weighted by atomic mass is 35.5. The Kier molecular flexibility index (Phi) is 6.17. The second-order valence-corrected chi connectivity index (χ2v) is 8.78. The molecule has 4 aromatic rings. The molecule has 0 unspecified atom stereocenters. The summed E-state index contributed by atoms with van der Waals surface area (Å²) in [6.45, 7) is 6.86. The van der Waals surface area contributed by atoms with Gasteiger partial charge in [0.1, 0.15) is 0 Å². The molecule has 0 bridgehead atoms. The van der Waals surface area contributed by atoms with Crippen LogP contribution in [0.15, 0.2) is 60.8 Å². The van der Waals surface area contributed by atoms with Crippen LogP contribution >= 0.6 is 11.6 Å². The van der Waals surface area contributed by atoms with Gasteiger partial charge in [0.25, 0.3) is 0 Å². The molecule has 0 atom stereocenters. The monoisotopic (exact) mass is 462 g/mol. The third-order valence-corrected chi connectivity index (χ3v) is 6.32. The molecule has 170 valence electrons. The molecule has 5 rings (SSSR count). The molecular weight excluding hydrogens is 436 g/mol. The molecule has 1 fully saturated rings. The zero-order valence-corrected chi connectivity index (χ0v) is 19.3. The normalized spacial score (nSPS) is 14.7. The first kappa shape index (κ1) is 21.7. The van der Waals surface area contributed by atoms with E-state index in [9.17, 15) is 0 Å². The van der Waals surface area contributed by atoms with Gasteiger partial charge in [0.15, 0.2) is 5.65 Å². The van der Waals surface area contributed by atoms with E-state index in [0.29, 0.717) is 11.0 Å². The molecule has 2 aromatic heterocycles. The number of aryl methyl sites for hydroxylation is 1. The lowest BCUT2D eigenvalue weighted by Crippen LogP contribution is -2.47. The lowest BCUT2D eigenvalue weighted by atomic mass is 10.1. The van der Waals surface area contributed by atoms with Gasteiger partial charge < -0.3 is 15.3 Å². The predicted molar refractivity (Wildman–Crippen MR) is 134 cm³/mol. The minimum Gasteiger partial charge on any atom is -0.395 e. The van der Waals surface area contributed by atoms with Gasteiger partial charge in [0.05, 0.1) is 6.61 Å². The van der Waals surface area contributed by atoms with Crippen LogP contribution in [-0.4, -0.2) is 63.9 Å². The molecule has 0 spiro atoms. The zero-order valence-electron chi connectivity index (χ0n) is 18.6. The predicted octanol–water partition coefficient (Wildman–Crippen LogP) is 4.22. The molecule has 33 heavy (non-hydrogen) atoms. The maximum Gasteiger partial charge on any atom is 0.247 e. The Morgan fingerprint density at radius 1 is 1.03 bits per heavy atom. The number of anilines is 3. The number of benzene rings is 2. The van der Waals surface area contributed by atoms with Crippen LogP contribution in [0.5, 0.6) is 0 Å². The molecule has 0 amide bonds. The van der Waals surface area contributed by atoms with Crippen LogP contribution in [0.3, 0.4) is 0 Å². The lowest BCUT2D eigenvalue weighted by molar-refractivity contribution is 0.189. The molecule has 8 heteroatoms. The van der Waals surface area contributed by atoms with Crippen LogP contribution < -0.4 is 10.2 Å². The first-order valence-corrected chi connectivity index (χ1v) is 11.5. The van der Waals surface area contributed by atoms with Crippen molar-refractivity contribution in [3.63, 3.8) is 0 Å². The topological polar surface area (TPSA) is 68.9 Å². The summed E-state index contributed by atoms with van der Waals surface area (Å²) in [4.78, 5) is 9.31. The highest BCUT2D eigenvalue weighted by Gasteiger charge is 2.17. The van der Waals surface area contributed by atoms with E-state index in [1.54, 1.807) is 4.52 Å². The maximum atomic E-state index is 9.17. The summed E-state index contributed by atoms with van der Waals surface area (Å²) < 4.78 is 1.78. The fourth-order valence-electron chi connectivity index (χ4n) is 4.31. The Morgan fingerprint density at radius 2 is 1.85 bits per heavy atom. The average Bonchev–Trinajstić information content (AvgIpc) is 3.21. The Balaban J connectivity index is 1.36. The van der Waals surface area contributed by atoms with Crippen LogP contribution in [0.4, 0.5) is 17.3 Å². The maximum absolute atomic E-state index is 9.17. The highest BCUT2D eigenvalue weighted by molar-refractivity contribution is 6.33. The quantitative estimate of drug-likeness (QED) is 0.447. The van der Waals surface area contributed by atoms with Crippen LogP contribution in [-0.2, 0) is 0 Å². The Labute approximate surface area is 198 Å². The number of pyridine rings is 1. The Morgan fingerprint density at radius 3 is 2.64 bits per heavy atom. The molecule has 0 radical (unpaired) electrons. The van der Waals surface area contributed by atoms with E-state index in [2.05, 4.69) is 50.3 Å². The van der Waals surface area contributed by atoms with E-state index in [1.165, 1.54) is 11.3 Å². The molecule has 3 heterocycles. The standard InChI is InChI=1S/C25H27ClN6O/c1-18-14-20(16-21(15-18)31-10-8-30(9-11-31)12-13-33)27-25-28-24-7-6-19(17-32(24)29-25)22-4-2-3-5-23(22)26/h2-7,14-17,33H,8-13H2,1H3,(H,27,29). The SMILES string of the molecule is Cc1cc(Nc2nc3ccc(-c4ccccc4Cl)cn3n2)cc(N2CCN(CCO)CC2)c1. The van der Waals surface area contributed by atoms with Crippen molar-refractivity contribution in [2.45, 2.75) is 6.92 Å². The number of halogens is 1. The van der Waals surface area contributed by atoms with Gasteiger partial charge >= 0.3 is 0 Å². The summed E-state index contributed by atoms with van der Waals surface area (Å²) in [5, 5.41) is 17.9. The van der Waals surface area contributed by atoms with Crippen LogP contribution in [0.25, 0.3) is 16.8 Å². The largest absolute Gasteiger partial charge is 0.395 e. The number of hydrogen-bond donors (Lipinski definition) is 2. The molecule has 7 nitrogen and oxygen atoms in total. The van der Waals surface area contributed by atoms with Crippen molar-refractivity contribution in [2.75, 3.05) is 49.5 Å². The van der Waals surface area contributed by atoms with Crippen molar-refractivity contribution < 1.29 is 5.11 Å². The van der Waals surface area contributed by atoms with Crippen molar-refractivity contribution in [1.82, 2.24) is 19.5 Å². The number of fused-ring (bicyclic) bond motifs is 1. The summed E-state index contributed by atoms with van der Waals surface area (Å²) in [5.41, 5.74) is 6.05. The highest BCUT2D eigenvalue weighted by Crippen LogP contribution is 2.28. The number of hydrogen-bond acceptors (Lipinski definition) is 6. The number of β-amino-alcohol motifs (C(OH)–C–C–N with tert-alkyl or cyclic N) is 1. The summed E-state index contributed by atoms with van der Waals surface area (Å²) >= 11 is 6.36. The minimum absolute atomic E-state index is 0.213. The molecule has 1 aliphatic rings. The van der Waals surface area contributed by atoms with E-state index >= 15 is 0 Å². The number of rotatable bonds is 6. The van der Waals surface area contributed by atoms with Gasteiger partial charge in [-0.05, 0) is 48.9 Å². The molecular formula is C25H27ClN6O. The summed E-state index contributed by atoms with van der Waals surface area (Å²) in [7, 11) is 0. The van der Waals surface area contributed by atoms with Crippen LogP contribution in [0, 0.1) is 6.92 Å². The van der Waals surface area contributed by atoms with E-state index in [4.69, 9.17) is 16.7 Å². The second kappa shape index (κ2) is 9.39. The summed E-state index contributed by atoms with van der Waals surface area (Å²) in [6.07, 6.45) is 1.95. The van der Waals surface area contributed by atoms with Gasteiger partial charge in [0.2, 0.25) is 5.95 Å². The van der Waals surface area contributed by atoms with Crippen LogP contribution in [0.1, 0.15) is 5.56 Å². The molecule has 0 saturated carbocycles. The number of aliphatic hydroxyl groups excluding tert-OH is 1. The lowest BCUT2D eigenvalue weighted by Gasteiger charge is -2.36. The smallest absolute Gasteiger partial charge is 0.247 e. The Bertz CT molecular complexity index is 1260. The van der Waals surface area contributed by atoms with Gasteiger partial charge in [-0.1, -0.05) is 29.8 Å². The van der Waals surface area contributed by atoms with Gasteiger partial charge in [-0.3, -0.25) is 4.90 Å². The van der Waals surface area contributed by atoms with Crippen molar-refractivity contribution in [3.8, 4) is 11.1 Å². The first-order chi connectivity index (χ1) is 16.1. The average molecular weight is 463 g/mol. The van der Waals surface area contributed by atoms with E-state index < -0.39 is 0 Å².